The number of anilines is 1. The van der Waals surface area contributed by atoms with Gasteiger partial charge in [0.15, 0.2) is 5.84 Å². The molecule has 1 saturated heterocycles. The lowest BCUT2D eigenvalue weighted by Gasteiger charge is -2.33. The fourth-order valence-electron chi connectivity index (χ4n) is 4.37. The fourth-order valence-corrected chi connectivity index (χ4v) is 4.37. The van der Waals surface area contributed by atoms with Gasteiger partial charge in [-0.1, -0.05) is 26.8 Å². The average Bonchev–Trinajstić information content (AvgIpc) is 3.14. The molecular formula is C25H33N7O2. The molecule has 34 heavy (non-hydrogen) atoms. The van der Waals surface area contributed by atoms with Crippen LogP contribution in [-0.2, 0) is 17.8 Å². The second-order valence-electron chi connectivity index (χ2n) is 9.98. The molecule has 3 N–H and O–H groups in total. The quantitative estimate of drug-likeness (QED) is 0.473. The zero-order chi connectivity index (χ0) is 24.6. The first-order valence-corrected chi connectivity index (χ1v) is 11.6. The molecule has 0 radical (unpaired) electrons. The van der Waals surface area contributed by atoms with Crippen LogP contribution in [0.2, 0.25) is 0 Å². The summed E-state index contributed by atoms with van der Waals surface area (Å²) in [7, 11) is 0. The highest BCUT2D eigenvalue weighted by molar-refractivity contribution is 6.08. The number of carbonyl (C=O) groups excluding carboxylic acids is 2. The van der Waals surface area contributed by atoms with Crippen molar-refractivity contribution in [2.75, 3.05) is 11.9 Å². The van der Waals surface area contributed by atoms with Crippen molar-refractivity contribution in [3.8, 4) is 0 Å². The van der Waals surface area contributed by atoms with Gasteiger partial charge in [-0.2, -0.15) is 0 Å². The number of pyridine rings is 2. The average molecular weight is 464 g/mol. The van der Waals surface area contributed by atoms with E-state index < -0.39 is 11.3 Å². The van der Waals surface area contributed by atoms with E-state index in [1.165, 1.54) is 0 Å². The molecule has 0 saturated carbocycles. The summed E-state index contributed by atoms with van der Waals surface area (Å²) >= 11 is 0. The van der Waals surface area contributed by atoms with E-state index in [4.69, 9.17) is 10.8 Å². The van der Waals surface area contributed by atoms with Crippen LogP contribution >= 0.6 is 0 Å². The predicted octanol–water partition coefficient (Wildman–Crippen LogP) is 3.69. The van der Waals surface area contributed by atoms with Crippen LogP contribution in [0.15, 0.2) is 30.5 Å². The SMILES string of the molecule is C[C@@H]1CCC(=N)N1C(=N)c1cccc(NC(=O)c2cc3c(cn2)CCN(C(=O)C(C)(C)C)C3)n1.[HH]. The van der Waals surface area contributed by atoms with Gasteiger partial charge in [0, 0.05) is 38.6 Å². The monoisotopic (exact) mass is 463 g/mol. The molecule has 2 aromatic rings. The molecule has 4 heterocycles. The fraction of sp³-hybridized carbons (Fsp3) is 0.440. The molecule has 9 nitrogen and oxygen atoms in total. The number of carbonyl (C=O) groups is 2. The van der Waals surface area contributed by atoms with Crippen molar-refractivity contribution in [3.63, 3.8) is 0 Å². The predicted molar refractivity (Wildman–Crippen MR) is 132 cm³/mol. The van der Waals surface area contributed by atoms with E-state index in [0.29, 0.717) is 43.3 Å². The summed E-state index contributed by atoms with van der Waals surface area (Å²) in [6.07, 6.45) is 3.90. The maximum atomic E-state index is 12.9. The van der Waals surface area contributed by atoms with Crippen molar-refractivity contribution in [2.45, 2.75) is 59.5 Å². The first-order valence-electron chi connectivity index (χ1n) is 11.6. The number of amides is 2. The van der Waals surface area contributed by atoms with E-state index in [-0.39, 0.29) is 24.9 Å². The van der Waals surface area contributed by atoms with Gasteiger partial charge in [-0.3, -0.25) is 25.4 Å². The zero-order valence-electron chi connectivity index (χ0n) is 20.1. The smallest absolute Gasteiger partial charge is 0.275 e. The first-order chi connectivity index (χ1) is 16.0. The molecule has 2 amide bonds. The van der Waals surface area contributed by atoms with E-state index in [0.717, 1.165) is 17.5 Å². The van der Waals surface area contributed by atoms with Gasteiger partial charge in [-0.15, -0.1) is 0 Å². The lowest BCUT2D eigenvalue weighted by molar-refractivity contribution is -0.140. The molecule has 4 rings (SSSR count). The molecule has 2 aliphatic rings. The lowest BCUT2D eigenvalue weighted by atomic mass is 9.92. The summed E-state index contributed by atoms with van der Waals surface area (Å²) in [5, 5.41) is 19.4. The number of fused-ring (bicyclic) bond motifs is 1. The van der Waals surface area contributed by atoms with Crippen LogP contribution in [-0.4, -0.2) is 55.8 Å². The Morgan fingerprint density at radius 3 is 2.62 bits per heavy atom. The van der Waals surface area contributed by atoms with Crippen LogP contribution in [0.3, 0.4) is 0 Å². The molecular weight excluding hydrogens is 430 g/mol. The van der Waals surface area contributed by atoms with Gasteiger partial charge in [0.1, 0.15) is 23.0 Å². The molecule has 2 aliphatic heterocycles. The van der Waals surface area contributed by atoms with Crippen molar-refractivity contribution in [2.24, 2.45) is 5.41 Å². The van der Waals surface area contributed by atoms with Crippen molar-refractivity contribution in [1.29, 1.82) is 10.8 Å². The van der Waals surface area contributed by atoms with Gasteiger partial charge >= 0.3 is 0 Å². The third kappa shape index (κ3) is 4.69. The van der Waals surface area contributed by atoms with Gasteiger partial charge in [-0.25, -0.2) is 4.98 Å². The summed E-state index contributed by atoms with van der Waals surface area (Å²) in [6.45, 7) is 8.81. The van der Waals surface area contributed by atoms with Crippen LogP contribution in [0.25, 0.3) is 0 Å². The molecule has 1 atom stereocenters. The van der Waals surface area contributed by atoms with Crippen molar-refractivity contribution >= 4 is 29.3 Å². The zero-order valence-corrected chi connectivity index (χ0v) is 20.1. The second kappa shape index (κ2) is 8.96. The van der Waals surface area contributed by atoms with Crippen LogP contribution in [0.5, 0.6) is 0 Å². The van der Waals surface area contributed by atoms with Crippen LogP contribution in [0, 0.1) is 16.2 Å². The van der Waals surface area contributed by atoms with Gasteiger partial charge in [-0.05, 0) is 49.1 Å². The number of amidine groups is 2. The Balaban J connectivity index is 0.00000342. The van der Waals surface area contributed by atoms with Crippen LogP contribution in [0.4, 0.5) is 5.82 Å². The standard InChI is InChI=1S/C25H31N7O2.H2/c1-15-8-9-20(26)32(15)22(27)18-6-5-7-21(29-18)30-23(33)19-12-17-14-31(24(34)25(2,3)4)11-10-16(17)13-28-19;/h5-7,12-13,15,26-27H,8-11,14H2,1-4H3,(H,29,30,33);1H/t15-;/m1./s1. The summed E-state index contributed by atoms with van der Waals surface area (Å²) < 4.78 is 0. The minimum absolute atomic E-state index is 0. The Hall–Kier alpha value is -3.62. The third-order valence-electron chi connectivity index (χ3n) is 6.26. The summed E-state index contributed by atoms with van der Waals surface area (Å²) in [6, 6.07) is 6.91. The molecule has 180 valence electrons. The maximum Gasteiger partial charge on any atom is 0.275 e. The minimum atomic E-state index is -0.458. The van der Waals surface area contributed by atoms with Gasteiger partial charge in [0.05, 0.1) is 0 Å². The maximum absolute atomic E-state index is 12.9. The van der Waals surface area contributed by atoms with Crippen molar-refractivity contribution in [1.82, 2.24) is 19.8 Å². The number of nitrogens with zero attached hydrogens (tertiary/aromatic N) is 4. The first kappa shape index (κ1) is 23.5. The van der Waals surface area contributed by atoms with Gasteiger partial charge in [0.25, 0.3) is 5.91 Å². The highest BCUT2D eigenvalue weighted by atomic mass is 16.2. The van der Waals surface area contributed by atoms with Gasteiger partial charge in [0.2, 0.25) is 5.91 Å². The Labute approximate surface area is 201 Å². The Bertz CT molecular complexity index is 1170. The Morgan fingerprint density at radius 2 is 1.94 bits per heavy atom. The number of rotatable bonds is 3. The molecule has 0 bridgehead atoms. The highest BCUT2D eigenvalue weighted by Crippen LogP contribution is 2.25. The number of hydrogen-bond donors (Lipinski definition) is 3. The number of nitrogens with one attached hydrogen (secondary N) is 3. The molecule has 0 unspecified atom stereocenters. The topological polar surface area (TPSA) is 126 Å². The van der Waals surface area contributed by atoms with Crippen LogP contribution < -0.4 is 5.32 Å². The Morgan fingerprint density at radius 1 is 1.18 bits per heavy atom. The van der Waals surface area contributed by atoms with E-state index in [9.17, 15) is 9.59 Å². The van der Waals surface area contributed by atoms with E-state index in [2.05, 4.69) is 15.3 Å². The minimum Gasteiger partial charge on any atom is -0.338 e. The molecule has 2 aromatic heterocycles. The van der Waals surface area contributed by atoms with Crippen molar-refractivity contribution < 1.29 is 11.0 Å². The Kier molecular flexibility index (Phi) is 6.20. The molecule has 0 aliphatic carbocycles. The molecule has 9 heteroatoms. The summed E-state index contributed by atoms with van der Waals surface area (Å²) in [4.78, 5) is 37.9. The number of likely N-dealkylation sites (tertiary alicyclic amines) is 1. The van der Waals surface area contributed by atoms with Gasteiger partial charge < -0.3 is 15.1 Å². The number of aromatic nitrogens is 2. The second-order valence-corrected chi connectivity index (χ2v) is 9.98. The molecule has 0 aromatic carbocycles. The normalized spacial score (nSPS) is 18.0. The molecule has 1 fully saturated rings. The van der Waals surface area contributed by atoms with E-state index in [1.54, 1.807) is 35.4 Å². The largest absolute Gasteiger partial charge is 0.338 e. The van der Waals surface area contributed by atoms with Crippen LogP contribution in [0.1, 0.15) is 69.3 Å². The summed E-state index contributed by atoms with van der Waals surface area (Å²) in [5.74, 6) is 0.563. The van der Waals surface area contributed by atoms with Crippen molar-refractivity contribution in [3.05, 3.63) is 53.0 Å². The number of hydrogen-bond acceptors (Lipinski definition) is 6. The lowest BCUT2D eigenvalue weighted by Crippen LogP contribution is -2.42. The molecule has 0 spiro atoms. The van der Waals surface area contributed by atoms with E-state index in [1.807, 2.05) is 32.6 Å². The highest BCUT2D eigenvalue weighted by Gasteiger charge is 2.31. The third-order valence-corrected chi connectivity index (χ3v) is 6.26. The van der Waals surface area contributed by atoms with E-state index >= 15 is 0 Å². The summed E-state index contributed by atoms with van der Waals surface area (Å²) in [5.41, 5.74) is 2.16.